The number of carbonyl (C=O) groups excluding carboxylic acids is 1. The number of aromatic hydroxyl groups is 1. The molecule has 2 heterocycles. The van der Waals surface area contributed by atoms with E-state index in [4.69, 9.17) is 13.9 Å². The fourth-order valence-electron chi connectivity index (χ4n) is 4.51. The van der Waals surface area contributed by atoms with Crippen LogP contribution >= 0.6 is 0 Å². The van der Waals surface area contributed by atoms with Crippen molar-refractivity contribution in [3.63, 3.8) is 0 Å². The molecule has 0 aliphatic heterocycles. The summed E-state index contributed by atoms with van der Waals surface area (Å²) in [6.07, 6.45) is 11.2. The Morgan fingerprint density at radius 1 is 1.11 bits per heavy atom. The zero-order chi connectivity index (χ0) is 25.9. The number of ether oxygens (including phenoxy) is 2. The first-order chi connectivity index (χ1) is 18.0. The summed E-state index contributed by atoms with van der Waals surface area (Å²) in [6, 6.07) is 5.21. The molecule has 1 saturated carbocycles. The summed E-state index contributed by atoms with van der Waals surface area (Å²) in [5, 5.41) is 19.0. The summed E-state index contributed by atoms with van der Waals surface area (Å²) < 4.78 is 18.3. The van der Waals surface area contributed by atoms with Gasteiger partial charge in [-0.25, -0.2) is 0 Å². The van der Waals surface area contributed by atoms with Gasteiger partial charge < -0.3 is 19.0 Å². The maximum Gasteiger partial charge on any atom is 0.275 e. The van der Waals surface area contributed by atoms with Crippen LogP contribution in [-0.2, 0) is 17.6 Å². The lowest BCUT2D eigenvalue weighted by Crippen LogP contribution is -2.26. The molecule has 5 rings (SSSR count). The van der Waals surface area contributed by atoms with Gasteiger partial charge in [-0.3, -0.25) is 14.2 Å². The zero-order valence-electron chi connectivity index (χ0n) is 20.7. The van der Waals surface area contributed by atoms with E-state index in [-0.39, 0.29) is 29.0 Å². The molecule has 1 unspecified atom stereocenters. The van der Waals surface area contributed by atoms with E-state index in [9.17, 15) is 14.7 Å². The second-order valence-electron chi connectivity index (χ2n) is 9.24. The van der Waals surface area contributed by atoms with E-state index in [1.807, 2.05) is 12.2 Å². The van der Waals surface area contributed by atoms with Crippen molar-refractivity contribution in [2.45, 2.75) is 38.5 Å². The summed E-state index contributed by atoms with van der Waals surface area (Å²) in [7, 11) is 3.02. The molecule has 1 N–H and O–H groups in total. The zero-order valence-corrected chi connectivity index (χ0v) is 20.7. The number of hydrogen-bond donors (Lipinski definition) is 1. The molecule has 1 atom stereocenters. The standard InChI is InChI=1S/C27H28N4O6/c1-35-19-8-5-9-20(36-2)24(19)31-21(13-12-16-10-11-16)28-25(33)23(27(31)34)26-30-29-22(37-26)15-17-6-3-4-7-18(32)14-17/h3-9,16-17,33H,10-15H2,1-2H3. The number of hydrogen-bond acceptors (Lipinski definition) is 9. The monoisotopic (exact) mass is 504 g/mol. The van der Waals surface area contributed by atoms with Crippen LogP contribution in [0.15, 0.2) is 51.7 Å². The predicted molar refractivity (Wildman–Crippen MR) is 134 cm³/mol. The molecule has 1 fully saturated rings. The van der Waals surface area contributed by atoms with Gasteiger partial charge in [0.2, 0.25) is 11.8 Å². The first kappa shape index (κ1) is 24.5. The van der Waals surface area contributed by atoms with Crippen molar-refractivity contribution in [3.8, 4) is 34.5 Å². The molecule has 2 aliphatic rings. The maximum absolute atomic E-state index is 14.0. The number of nitrogens with zero attached hydrogens (tertiary/aromatic N) is 4. The van der Waals surface area contributed by atoms with Gasteiger partial charge in [-0.05, 0) is 36.5 Å². The Bertz CT molecular complexity index is 1410. The Kier molecular flexibility index (Phi) is 6.89. The Morgan fingerprint density at radius 3 is 2.57 bits per heavy atom. The average molecular weight is 505 g/mol. The van der Waals surface area contributed by atoms with Crippen LogP contribution in [-0.4, -0.2) is 44.9 Å². The summed E-state index contributed by atoms with van der Waals surface area (Å²) in [5.74, 6) is 1.30. The molecule has 10 nitrogen and oxygen atoms in total. The van der Waals surface area contributed by atoms with Crippen LogP contribution < -0.4 is 15.0 Å². The molecule has 0 radical (unpaired) electrons. The Balaban J connectivity index is 1.58. The molecule has 0 saturated heterocycles. The van der Waals surface area contributed by atoms with Gasteiger partial charge in [-0.15, -0.1) is 10.2 Å². The molecule has 0 spiro atoms. The van der Waals surface area contributed by atoms with E-state index in [0.717, 1.165) is 19.3 Å². The van der Waals surface area contributed by atoms with Crippen LogP contribution in [0.4, 0.5) is 0 Å². The molecule has 0 bridgehead atoms. The van der Waals surface area contributed by atoms with Crippen molar-refractivity contribution < 1.29 is 23.8 Å². The van der Waals surface area contributed by atoms with Gasteiger partial charge >= 0.3 is 0 Å². The molecule has 2 aromatic heterocycles. The van der Waals surface area contributed by atoms with Gasteiger partial charge in [0, 0.05) is 19.3 Å². The molecule has 1 aromatic carbocycles. The van der Waals surface area contributed by atoms with Crippen LogP contribution in [0.1, 0.15) is 37.4 Å². The second-order valence-corrected chi connectivity index (χ2v) is 9.24. The highest BCUT2D eigenvalue weighted by Gasteiger charge is 2.28. The van der Waals surface area contributed by atoms with Gasteiger partial charge in [-0.1, -0.05) is 37.1 Å². The largest absolute Gasteiger partial charge is 0.494 e. The lowest BCUT2D eigenvalue weighted by molar-refractivity contribution is -0.115. The number of aromatic nitrogens is 4. The quantitative estimate of drug-likeness (QED) is 0.465. The van der Waals surface area contributed by atoms with Crippen LogP contribution in [0, 0.1) is 11.8 Å². The van der Waals surface area contributed by atoms with Crippen molar-refractivity contribution in [1.29, 1.82) is 0 Å². The van der Waals surface area contributed by atoms with E-state index in [2.05, 4.69) is 15.2 Å². The minimum atomic E-state index is -0.579. The molecule has 37 heavy (non-hydrogen) atoms. The van der Waals surface area contributed by atoms with E-state index in [1.54, 1.807) is 24.3 Å². The normalized spacial score (nSPS) is 17.1. The maximum atomic E-state index is 14.0. The third-order valence-corrected chi connectivity index (χ3v) is 6.59. The first-order valence-corrected chi connectivity index (χ1v) is 12.2. The summed E-state index contributed by atoms with van der Waals surface area (Å²) in [5.41, 5.74) is -0.410. The van der Waals surface area contributed by atoms with Gasteiger partial charge in [-0.2, -0.15) is 4.98 Å². The van der Waals surface area contributed by atoms with E-state index in [1.165, 1.54) is 24.9 Å². The van der Waals surface area contributed by atoms with Crippen molar-refractivity contribution >= 4 is 5.78 Å². The number of rotatable bonds is 9. The van der Waals surface area contributed by atoms with Gasteiger partial charge in [0.1, 0.15) is 23.0 Å². The topological polar surface area (TPSA) is 130 Å². The Labute approximate surface area is 213 Å². The van der Waals surface area contributed by atoms with Crippen molar-refractivity contribution in [2.75, 3.05) is 14.2 Å². The van der Waals surface area contributed by atoms with Gasteiger partial charge in [0.25, 0.3) is 11.4 Å². The molecule has 2 aliphatic carbocycles. The molecule has 10 heteroatoms. The highest BCUT2D eigenvalue weighted by molar-refractivity contribution is 5.90. The predicted octanol–water partition coefficient (Wildman–Crippen LogP) is 3.59. The number of aryl methyl sites for hydroxylation is 1. The number of para-hydroxylation sites is 1. The summed E-state index contributed by atoms with van der Waals surface area (Å²) in [4.78, 5) is 30.3. The molecule has 0 amide bonds. The number of carbonyl (C=O) groups is 1. The SMILES string of the molecule is COc1cccc(OC)c1-n1c(CCC2CC2)nc(O)c(-c2nnc(CC3C=CC=CC(=O)C3)o2)c1=O. The lowest BCUT2D eigenvalue weighted by Gasteiger charge is -2.19. The molecule has 3 aromatic rings. The summed E-state index contributed by atoms with van der Waals surface area (Å²) >= 11 is 0. The number of ketones is 1. The minimum absolute atomic E-state index is 0.00649. The third kappa shape index (κ3) is 5.18. The molecule has 192 valence electrons. The van der Waals surface area contributed by atoms with E-state index in [0.29, 0.717) is 48.2 Å². The highest BCUT2D eigenvalue weighted by atomic mass is 16.5. The fourth-order valence-corrected chi connectivity index (χ4v) is 4.51. The number of methoxy groups -OCH3 is 2. The number of benzene rings is 1. The van der Waals surface area contributed by atoms with Gasteiger partial charge in [0.05, 0.1) is 14.2 Å². The highest BCUT2D eigenvalue weighted by Crippen LogP contribution is 2.37. The Morgan fingerprint density at radius 2 is 1.86 bits per heavy atom. The minimum Gasteiger partial charge on any atom is -0.494 e. The van der Waals surface area contributed by atoms with E-state index < -0.39 is 11.4 Å². The Hall–Kier alpha value is -4.21. The average Bonchev–Trinajstić information content (AvgIpc) is 3.65. The smallest absolute Gasteiger partial charge is 0.275 e. The summed E-state index contributed by atoms with van der Waals surface area (Å²) in [6.45, 7) is 0. The molecular weight excluding hydrogens is 476 g/mol. The molecular formula is C27H28N4O6. The van der Waals surface area contributed by atoms with Crippen molar-refractivity contribution in [2.24, 2.45) is 11.8 Å². The van der Waals surface area contributed by atoms with Crippen molar-refractivity contribution in [1.82, 2.24) is 19.7 Å². The second kappa shape index (κ2) is 10.4. The van der Waals surface area contributed by atoms with Crippen LogP contribution in [0.2, 0.25) is 0 Å². The van der Waals surface area contributed by atoms with Gasteiger partial charge in [0.15, 0.2) is 11.3 Å². The van der Waals surface area contributed by atoms with E-state index >= 15 is 0 Å². The van der Waals surface area contributed by atoms with Crippen LogP contribution in [0.5, 0.6) is 17.4 Å². The number of allylic oxidation sites excluding steroid dienone is 4. The first-order valence-electron chi connectivity index (χ1n) is 12.2. The van der Waals surface area contributed by atoms with Crippen LogP contribution in [0.25, 0.3) is 17.1 Å². The van der Waals surface area contributed by atoms with Crippen molar-refractivity contribution in [3.05, 3.63) is 64.6 Å². The third-order valence-electron chi connectivity index (χ3n) is 6.59. The fraction of sp³-hybridized carbons (Fsp3) is 0.370. The van der Waals surface area contributed by atoms with Crippen LogP contribution in [0.3, 0.4) is 0 Å². The lowest BCUT2D eigenvalue weighted by atomic mass is 9.99.